The van der Waals surface area contributed by atoms with Gasteiger partial charge in [0.2, 0.25) is 17.8 Å². The second kappa shape index (κ2) is 7.14. The molecule has 0 radical (unpaired) electrons. The van der Waals surface area contributed by atoms with E-state index in [0.717, 1.165) is 27.2 Å². The smallest absolute Gasteiger partial charge is 0.231 e. The number of thiazole rings is 1. The fraction of sp³-hybridized carbons (Fsp3) is 0.227. The van der Waals surface area contributed by atoms with Crippen molar-refractivity contribution in [1.29, 1.82) is 0 Å². The van der Waals surface area contributed by atoms with Crippen LogP contribution >= 0.6 is 11.3 Å². The predicted octanol–water partition coefficient (Wildman–Crippen LogP) is 4.32. The highest BCUT2D eigenvalue weighted by Crippen LogP contribution is 2.38. The van der Waals surface area contributed by atoms with E-state index in [1.54, 1.807) is 4.68 Å². The van der Waals surface area contributed by atoms with Crippen LogP contribution in [0, 0.1) is 20.8 Å². The molecule has 0 fully saturated rings. The molecule has 2 aromatic carbocycles. The molecular formula is C22H20N4O3S. The normalized spacial score (nSPS) is 12.5. The Balaban J connectivity index is 1.42. The van der Waals surface area contributed by atoms with Gasteiger partial charge in [0.1, 0.15) is 5.82 Å². The van der Waals surface area contributed by atoms with E-state index >= 15 is 0 Å². The van der Waals surface area contributed by atoms with Gasteiger partial charge >= 0.3 is 0 Å². The summed E-state index contributed by atoms with van der Waals surface area (Å²) >= 11 is 1.48. The molecule has 0 unspecified atom stereocenters. The number of hydrogen-bond acceptors (Lipinski definition) is 6. The quantitative estimate of drug-likeness (QED) is 0.532. The fourth-order valence-electron chi connectivity index (χ4n) is 3.42. The van der Waals surface area contributed by atoms with Crippen LogP contribution in [-0.2, 0) is 11.2 Å². The number of nitrogens with one attached hydrogen (secondary N) is 1. The Kier molecular flexibility index (Phi) is 4.43. The minimum atomic E-state index is -0.0960. The average molecular weight is 420 g/mol. The third-order valence-corrected chi connectivity index (χ3v) is 6.08. The van der Waals surface area contributed by atoms with Crippen LogP contribution in [0.3, 0.4) is 0 Å². The van der Waals surface area contributed by atoms with Gasteiger partial charge in [0.25, 0.3) is 0 Å². The summed E-state index contributed by atoms with van der Waals surface area (Å²) in [5.74, 6) is 1.91. The maximum atomic E-state index is 12.7. The Labute approximate surface area is 177 Å². The first kappa shape index (κ1) is 18.6. The second-order valence-electron chi connectivity index (χ2n) is 7.40. The molecule has 0 aliphatic carbocycles. The van der Waals surface area contributed by atoms with Crippen molar-refractivity contribution in [2.75, 3.05) is 12.1 Å². The fourth-order valence-corrected chi connectivity index (χ4v) is 4.36. The summed E-state index contributed by atoms with van der Waals surface area (Å²) in [6.45, 7) is 6.23. The molecule has 3 heterocycles. The standard InChI is InChI=1S/C22H20N4O3S/c1-12-4-5-15(6-13(12)2)8-21(27)24-20-7-14(3)25-26(20)22-23-16-9-17-18(29-11-28-17)10-19(16)30-22/h4-7,9-10H,8,11H2,1-3H3,(H,24,27). The molecule has 30 heavy (non-hydrogen) atoms. The minimum absolute atomic E-state index is 0.0960. The van der Waals surface area contributed by atoms with Gasteiger partial charge in [0.15, 0.2) is 11.5 Å². The minimum Gasteiger partial charge on any atom is -0.454 e. The third kappa shape index (κ3) is 3.39. The maximum Gasteiger partial charge on any atom is 0.231 e. The highest BCUT2D eigenvalue weighted by atomic mass is 32.1. The first-order valence-electron chi connectivity index (χ1n) is 9.59. The number of ether oxygens (including phenoxy) is 2. The van der Waals surface area contributed by atoms with Gasteiger partial charge in [0.05, 0.1) is 22.3 Å². The number of carbonyl (C=O) groups excluding carboxylic acids is 1. The molecule has 0 spiro atoms. The van der Waals surface area contributed by atoms with Crippen LogP contribution in [0.5, 0.6) is 11.5 Å². The highest BCUT2D eigenvalue weighted by molar-refractivity contribution is 7.20. The van der Waals surface area contributed by atoms with E-state index in [0.29, 0.717) is 23.1 Å². The summed E-state index contributed by atoms with van der Waals surface area (Å²) in [4.78, 5) is 17.4. The lowest BCUT2D eigenvalue weighted by atomic mass is 10.0. The van der Waals surface area contributed by atoms with E-state index in [2.05, 4.69) is 22.3 Å². The van der Waals surface area contributed by atoms with Crippen molar-refractivity contribution in [3.05, 3.63) is 58.8 Å². The molecule has 1 aliphatic heterocycles. The zero-order valence-corrected chi connectivity index (χ0v) is 17.7. The van der Waals surface area contributed by atoms with Crippen LogP contribution in [0.4, 0.5) is 5.82 Å². The SMILES string of the molecule is Cc1cc(NC(=O)Cc2ccc(C)c(C)c2)n(-c2nc3cc4c(cc3s2)OCO4)n1. The van der Waals surface area contributed by atoms with Crippen molar-refractivity contribution < 1.29 is 14.3 Å². The number of amides is 1. The number of benzene rings is 2. The molecule has 7 nitrogen and oxygen atoms in total. The van der Waals surface area contributed by atoms with Gasteiger partial charge < -0.3 is 14.8 Å². The summed E-state index contributed by atoms with van der Waals surface area (Å²) in [5.41, 5.74) is 4.97. The number of aryl methyl sites for hydroxylation is 3. The Morgan fingerprint density at radius 2 is 1.90 bits per heavy atom. The van der Waals surface area contributed by atoms with Crippen LogP contribution in [0.2, 0.25) is 0 Å². The van der Waals surface area contributed by atoms with E-state index in [1.165, 1.54) is 22.5 Å². The van der Waals surface area contributed by atoms with Crippen molar-refractivity contribution in [3.63, 3.8) is 0 Å². The van der Waals surface area contributed by atoms with Gasteiger partial charge in [0, 0.05) is 18.2 Å². The highest BCUT2D eigenvalue weighted by Gasteiger charge is 2.19. The van der Waals surface area contributed by atoms with Gasteiger partial charge in [-0.25, -0.2) is 4.98 Å². The first-order chi connectivity index (χ1) is 14.5. The van der Waals surface area contributed by atoms with Gasteiger partial charge in [-0.1, -0.05) is 29.5 Å². The molecule has 8 heteroatoms. The molecular weight excluding hydrogens is 400 g/mol. The number of nitrogens with zero attached hydrogens (tertiary/aromatic N) is 3. The number of anilines is 1. The van der Waals surface area contributed by atoms with Gasteiger partial charge in [-0.2, -0.15) is 9.78 Å². The van der Waals surface area contributed by atoms with Gasteiger partial charge in [-0.05, 0) is 37.5 Å². The number of aromatic nitrogens is 3. The molecule has 2 aromatic heterocycles. The molecule has 1 aliphatic rings. The van der Waals surface area contributed by atoms with Crippen molar-refractivity contribution in [3.8, 4) is 16.6 Å². The van der Waals surface area contributed by atoms with Crippen LogP contribution in [0.25, 0.3) is 15.3 Å². The Bertz CT molecular complexity index is 1250. The second-order valence-corrected chi connectivity index (χ2v) is 8.41. The zero-order chi connectivity index (χ0) is 20.8. The number of carbonyl (C=O) groups is 1. The molecule has 1 amide bonds. The van der Waals surface area contributed by atoms with Crippen molar-refractivity contribution in [1.82, 2.24) is 14.8 Å². The van der Waals surface area contributed by atoms with Crippen molar-refractivity contribution >= 4 is 33.3 Å². The van der Waals surface area contributed by atoms with Crippen molar-refractivity contribution in [2.45, 2.75) is 27.2 Å². The van der Waals surface area contributed by atoms with Crippen molar-refractivity contribution in [2.24, 2.45) is 0 Å². The van der Waals surface area contributed by atoms with E-state index in [1.807, 2.05) is 50.2 Å². The monoisotopic (exact) mass is 420 g/mol. The summed E-state index contributed by atoms with van der Waals surface area (Å²) in [6.07, 6.45) is 0.298. The Hall–Kier alpha value is -3.39. The number of rotatable bonds is 4. The Morgan fingerprint density at radius 1 is 1.10 bits per heavy atom. The van der Waals surface area contributed by atoms with Crippen LogP contribution in [0.1, 0.15) is 22.4 Å². The van der Waals surface area contributed by atoms with Crippen LogP contribution in [-0.4, -0.2) is 27.5 Å². The molecule has 0 atom stereocenters. The van der Waals surface area contributed by atoms with Gasteiger partial charge in [-0.3, -0.25) is 4.79 Å². The summed E-state index contributed by atoms with van der Waals surface area (Å²) < 4.78 is 13.5. The van der Waals surface area contributed by atoms with E-state index in [4.69, 9.17) is 9.47 Å². The molecule has 5 rings (SSSR count). The topological polar surface area (TPSA) is 78.3 Å². The summed E-state index contributed by atoms with van der Waals surface area (Å²) in [7, 11) is 0. The van der Waals surface area contributed by atoms with Crippen LogP contribution < -0.4 is 14.8 Å². The Morgan fingerprint density at radius 3 is 2.70 bits per heavy atom. The first-order valence-corrected chi connectivity index (χ1v) is 10.4. The van der Waals surface area contributed by atoms with Crippen LogP contribution in [0.15, 0.2) is 36.4 Å². The van der Waals surface area contributed by atoms with Gasteiger partial charge in [-0.15, -0.1) is 0 Å². The molecule has 0 bridgehead atoms. The number of fused-ring (bicyclic) bond motifs is 2. The summed E-state index contributed by atoms with van der Waals surface area (Å²) in [6, 6.07) is 11.7. The predicted molar refractivity (Wildman–Crippen MR) is 116 cm³/mol. The maximum absolute atomic E-state index is 12.7. The zero-order valence-electron chi connectivity index (χ0n) is 16.9. The lowest BCUT2D eigenvalue weighted by molar-refractivity contribution is -0.115. The lowest BCUT2D eigenvalue weighted by Crippen LogP contribution is -2.17. The molecule has 0 saturated carbocycles. The van der Waals surface area contributed by atoms with E-state index < -0.39 is 0 Å². The largest absolute Gasteiger partial charge is 0.454 e. The summed E-state index contributed by atoms with van der Waals surface area (Å²) in [5, 5.41) is 8.18. The molecule has 152 valence electrons. The van der Waals surface area contributed by atoms with E-state index in [-0.39, 0.29) is 12.7 Å². The number of hydrogen-bond donors (Lipinski definition) is 1. The lowest BCUT2D eigenvalue weighted by Gasteiger charge is -2.08. The molecule has 1 N–H and O–H groups in total. The average Bonchev–Trinajstić information content (AvgIpc) is 3.40. The molecule has 4 aromatic rings. The molecule has 0 saturated heterocycles. The van der Waals surface area contributed by atoms with E-state index in [9.17, 15) is 4.79 Å². The third-order valence-electron chi connectivity index (χ3n) is 5.09.